The molecule has 0 atom stereocenters. The minimum Gasteiger partial charge on any atom is -0.493 e. The Morgan fingerprint density at radius 3 is 2.55 bits per heavy atom. The fourth-order valence-corrected chi connectivity index (χ4v) is 3.52. The van der Waals surface area contributed by atoms with Gasteiger partial charge >= 0.3 is 0 Å². The van der Waals surface area contributed by atoms with Crippen molar-refractivity contribution in [2.45, 2.75) is 12.8 Å². The Bertz CT molecular complexity index is 1220. The summed E-state index contributed by atoms with van der Waals surface area (Å²) < 4.78 is 21.5. The Morgan fingerprint density at radius 1 is 0.909 bits per heavy atom. The van der Waals surface area contributed by atoms with Crippen molar-refractivity contribution >= 4 is 5.78 Å². The van der Waals surface area contributed by atoms with Crippen LogP contribution in [0.25, 0.3) is 11.3 Å². The molecule has 0 spiro atoms. The molecule has 6 heteroatoms. The molecule has 0 aliphatic carbocycles. The lowest BCUT2D eigenvalue weighted by Crippen LogP contribution is -2.04. The molecular formula is C27H25NO5. The van der Waals surface area contributed by atoms with Gasteiger partial charge < -0.3 is 18.6 Å². The van der Waals surface area contributed by atoms with Crippen molar-refractivity contribution in [3.63, 3.8) is 0 Å². The Morgan fingerprint density at radius 2 is 1.76 bits per heavy atom. The van der Waals surface area contributed by atoms with Crippen LogP contribution in [0.5, 0.6) is 17.4 Å². The average Bonchev–Trinajstić information content (AvgIpc) is 3.40. The van der Waals surface area contributed by atoms with E-state index in [1.165, 1.54) is 12.5 Å². The van der Waals surface area contributed by atoms with E-state index in [1.807, 2.05) is 60.7 Å². The van der Waals surface area contributed by atoms with E-state index in [4.69, 9.17) is 18.6 Å². The van der Waals surface area contributed by atoms with Crippen LogP contribution in [0, 0.1) is 0 Å². The fourth-order valence-electron chi connectivity index (χ4n) is 3.52. The Balaban J connectivity index is 1.40. The number of ketones is 1. The minimum absolute atomic E-state index is 0.0149. The van der Waals surface area contributed by atoms with Crippen LogP contribution in [0.4, 0.5) is 0 Å². The van der Waals surface area contributed by atoms with E-state index >= 15 is 0 Å². The summed E-state index contributed by atoms with van der Waals surface area (Å²) in [6, 6.07) is 21.0. The molecule has 0 fully saturated rings. The van der Waals surface area contributed by atoms with Crippen molar-refractivity contribution in [2.75, 3.05) is 20.8 Å². The maximum Gasteiger partial charge on any atom is 0.213 e. The van der Waals surface area contributed by atoms with E-state index in [2.05, 4.69) is 4.98 Å². The SMILES string of the molecule is COc1ccc(CCOc2cccc(-c3cccc(CC(=O)c4ccoc4)c3)n2)cc1OC. The topological polar surface area (TPSA) is 70.8 Å². The number of Topliss-reactive ketones (excluding diaryl/α,β-unsaturated/α-hetero) is 1. The minimum atomic E-state index is 0.0149. The second-order valence-electron chi connectivity index (χ2n) is 7.46. The van der Waals surface area contributed by atoms with Gasteiger partial charge in [-0.3, -0.25) is 4.79 Å². The molecule has 4 aromatic rings. The van der Waals surface area contributed by atoms with Crippen molar-refractivity contribution in [2.24, 2.45) is 0 Å². The first-order chi connectivity index (χ1) is 16.2. The molecule has 0 unspecified atom stereocenters. The summed E-state index contributed by atoms with van der Waals surface area (Å²) >= 11 is 0. The van der Waals surface area contributed by atoms with Crippen LogP contribution in [-0.2, 0) is 12.8 Å². The van der Waals surface area contributed by atoms with E-state index in [0.717, 1.165) is 22.4 Å². The van der Waals surface area contributed by atoms with Crippen LogP contribution < -0.4 is 14.2 Å². The second kappa shape index (κ2) is 10.5. The third-order valence-corrected chi connectivity index (χ3v) is 5.24. The molecule has 168 valence electrons. The lowest BCUT2D eigenvalue weighted by molar-refractivity contribution is 0.0992. The molecule has 0 N–H and O–H groups in total. The predicted molar refractivity (Wildman–Crippen MR) is 125 cm³/mol. The van der Waals surface area contributed by atoms with Gasteiger partial charge in [0.25, 0.3) is 0 Å². The summed E-state index contributed by atoms with van der Waals surface area (Å²) in [5.74, 6) is 1.96. The van der Waals surface area contributed by atoms with Gasteiger partial charge in [-0.2, -0.15) is 0 Å². The number of nitrogens with zero attached hydrogens (tertiary/aromatic N) is 1. The molecule has 0 saturated carbocycles. The normalized spacial score (nSPS) is 10.6. The van der Waals surface area contributed by atoms with E-state index in [1.54, 1.807) is 20.3 Å². The molecule has 0 radical (unpaired) electrons. The number of pyridine rings is 1. The Hall–Kier alpha value is -4.06. The fraction of sp³-hybridized carbons (Fsp3) is 0.185. The molecule has 0 saturated heterocycles. The monoisotopic (exact) mass is 443 g/mol. The molecule has 6 nitrogen and oxygen atoms in total. The van der Waals surface area contributed by atoms with Gasteiger partial charge in [0.05, 0.1) is 38.3 Å². The van der Waals surface area contributed by atoms with Gasteiger partial charge in [0.2, 0.25) is 5.88 Å². The second-order valence-corrected chi connectivity index (χ2v) is 7.46. The van der Waals surface area contributed by atoms with Gasteiger partial charge in [0.15, 0.2) is 17.3 Å². The molecule has 0 amide bonds. The van der Waals surface area contributed by atoms with Gasteiger partial charge in [0, 0.05) is 24.5 Å². The van der Waals surface area contributed by atoms with E-state index in [0.29, 0.717) is 42.4 Å². The highest BCUT2D eigenvalue weighted by Gasteiger charge is 2.10. The molecule has 0 bridgehead atoms. The highest BCUT2D eigenvalue weighted by Crippen LogP contribution is 2.28. The number of methoxy groups -OCH3 is 2. The molecular weight excluding hydrogens is 418 g/mol. The number of aromatic nitrogens is 1. The summed E-state index contributed by atoms with van der Waals surface area (Å²) in [6.07, 6.45) is 3.98. The highest BCUT2D eigenvalue weighted by molar-refractivity contribution is 5.97. The molecule has 2 aromatic carbocycles. The molecule has 0 aliphatic rings. The van der Waals surface area contributed by atoms with Gasteiger partial charge in [-0.15, -0.1) is 0 Å². The third kappa shape index (κ3) is 5.60. The van der Waals surface area contributed by atoms with Gasteiger partial charge in [0.1, 0.15) is 6.26 Å². The van der Waals surface area contributed by atoms with E-state index in [-0.39, 0.29) is 5.78 Å². The number of carbonyl (C=O) groups excluding carboxylic acids is 1. The lowest BCUT2D eigenvalue weighted by atomic mass is 10.0. The maximum atomic E-state index is 12.4. The number of hydrogen-bond donors (Lipinski definition) is 0. The van der Waals surface area contributed by atoms with E-state index in [9.17, 15) is 4.79 Å². The maximum absolute atomic E-state index is 12.4. The summed E-state index contributed by atoms with van der Waals surface area (Å²) in [5, 5.41) is 0. The Labute approximate surface area is 192 Å². The molecule has 0 aliphatic heterocycles. The first-order valence-electron chi connectivity index (χ1n) is 10.6. The number of hydrogen-bond acceptors (Lipinski definition) is 6. The summed E-state index contributed by atoms with van der Waals surface area (Å²) in [6.45, 7) is 0.477. The van der Waals surface area contributed by atoms with Crippen LogP contribution in [0.1, 0.15) is 21.5 Å². The van der Waals surface area contributed by atoms with Crippen molar-refractivity contribution in [3.8, 4) is 28.6 Å². The summed E-state index contributed by atoms with van der Waals surface area (Å²) in [7, 11) is 3.24. The largest absolute Gasteiger partial charge is 0.493 e. The van der Waals surface area contributed by atoms with Crippen molar-refractivity contribution in [1.82, 2.24) is 4.98 Å². The lowest BCUT2D eigenvalue weighted by Gasteiger charge is -2.11. The van der Waals surface area contributed by atoms with Gasteiger partial charge in [-0.1, -0.05) is 30.3 Å². The molecule has 2 heterocycles. The van der Waals surface area contributed by atoms with Crippen LogP contribution in [0.2, 0.25) is 0 Å². The third-order valence-electron chi connectivity index (χ3n) is 5.24. The zero-order valence-electron chi connectivity index (χ0n) is 18.6. The van der Waals surface area contributed by atoms with Crippen molar-refractivity contribution in [1.29, 1.82) is 0 Å². The zero-order chi connectivity index (χ0) is 23.0. The zero-order valence-corrected chi connectivity index (χ0v) is 18.6. The first-order valence-corrected chi connectivity index (χ1v) is 10.6. The van der Waals surface area contributed by atoms with Crippen LogP contribution in [0.3, 0.4) is 0 Å². The van der Waals surface area contributed by atoms with Crippen LogP contribution in [-0.4, -0.2) is 31.6 Å². The molecule has 2 aromatic heterocycles. The van der Waals surface area contributed by atoms with Crippen molar-refractivity contribution < 1.29 is 23.4 Å². The van der Waals surface area contributed by atoms with Crippen LogP contribution in [0.15, 0.2) is 83.7 Å². The van der Waals surface area contributed by atoms with Crippen LogP contribution >= 0.6 is 0 Å². The number of rotatable bonds is 10. The summed E-state index contributed by atoms with van der Waals surface area (Å²) in [5.41, 5.74) is 4.29. The predicted octanol–water partition coefficient (Wildman–Crippen LogP) is 5.41. The Kier molecular flexibility index (Phi) is 7.05. The molecule has 33 heavy (non-hydrogen) atoms. The van der Waals surface area contributed by atoms with Crippen molar-refractivity contribution in [3.05, 3.63) is 95.9 Å². The number of carbonyl (C=O) groups is 1. The van der Waals surface area contributed by atoms with E-state index < -0.39 is 0 Å². The number of benzene rings is 2. The molecule has 4 rings (SSSR count). The smallest absolute Gasteiger partial charge is 0.213 e. The van der Waals surface area contributed by atoms with Gasteiger partial charge in [-0.25, -0.2) is 4.98 Å². The quantitative estimate of drug-likeness (QED) is 0.306. The number of furan rings is 1. The highest BCUT2D eigenvalue weighted by atomic mass is 16.5. The summed E-state index contributed by atoms with van der Waals surface area (Å²) in [4.78, 5) is 17.0. The number of ether oxygens (including phenoxy) is 3. The average molecular weight is 443 g/mol. The first kappa shape index (κ1) is 22.1. The standard InChI is InChI=1S/C27H25NO5/c1-30-25-10-9-19(17-26(25)31-2)11-14-33-27-8-4-7-23(28-27)21-6-3-5-20(15-21)16-24(29)22-12-13-32-18-22/h3-10,12-13,15,17-18H,11,14,16H2,1-2H3. The van der Waals surface area contributed by atoms with Gasteiger partial charge in [-0.05, 0) is 41.5 Å².